The van der Waals surface area contributed by atoms with E-state index in [9.17, 15) is 9.59 Å². The Morgan fingerprint density at radius 2 is 2.25 bits per heavy atom. The van der Waals surface area contributed by atoms with Crippen LogP contribution in [0.1, 0.15) is 0 Å². The van der Waals surface area contributed by atoms with Crippen LogP contribution in [0.25, 0.3) is 0 Å². The molecule has 46 valence electrons. The third-order valence-electron chi connectivity index (χ3n) is 0.262. The van der Waals surface area contributed by atoms with Crippen LogP contribution in [0, 0.1) is 0 Å². The molecule has 0 radical (unpaired) electrons. The Balaban J connectivity index is 3.38. The zero-order valence-electron chi connectivity index (χ0n) is 3.64. The van der Waals surface area contributed by atoms with Gasteiger partial charge in [-0.3, -0.25) is 14.8 Å². The van der Waals surface area contributed by atoms with E-state index < -0.39 is 11.4 Å². The molecular weight excluding hydrogens is 118 g/mol. The second kappa shape index (κ2) is 2.80. The lowest BCUT2D eigenvalue weighted by molar-refractivity contribution is -0.277. The van der Waals surface area contributed by atoms with Gasteiger partial charge in [0.2, 0.25) is 0 Å². The Labute approximate surface area is 43.8 Å². The summed E-state index contributed by atoms with van der Waals surface area (Å²) in [6.45, 7) is 0. The van der Waals surface area contributed by atoms with Crippen molar-refractivity contribution in [2.24, 2.45) is 0 Å². The van der Waals surface area contributed by atoms with Crippen LogP contribution in [0.4, 0.5) is 4.79 Å². The number of carbonyl (C=O) groups excluding carboxylic acids is 1. The second-order valence-corrected chi connectivity index (χ2v) is 0.765. The summed E-state index contributed by atoms with van der Waals surface area (Å²) in [5.41, 5.74) is 0. The number of nitrogens with zero attached hydrogens (tertiary/aromatic N) is 1. The summed E-state index contributed by atoms with van der Waals surface area (Å²) >= 11 is 0. The van der Waals surface area contributed by atoms with Gasteiger partial charge in [-0.05, 0) is 5.23 Å². The van der Waals surface area contributed by atoms with Gasteiger partial charge < -0.3 is 5.11 Å². The minimum atomic E-state index is -1.75. The lowest BCUT2D eigenvalue weighted by Gasteiger charge is -2.01. The molecule has 0 aliphatic heterocycles. The molecule has 0 aromatic heterocycles. The van der Waals surface area contributed by atoms with Gasteiger partial charge in [-0.15, -0.1) is 0 Å². The first kappa shape index (κ1) is 6.70. The van der Waals surface area contributed by atoms with Gasteiger partial charge in [0.15, 0.2) is 0 Å². The van der Waals surface area contributed by atoms with E-state index in [1.54, 1.807) is 0 Å². The first-order chi connectivity index (χ1) is 3.66. The topological polar surface area (TPSA) is 87.1 Å². The monoisotopic (exact) mass is 121 g/mol. The molecule has 0 aromatic rings. The van der Waals surface area contributed by atoms with Gasteiger partial charge in [-0.1, -0.05) is 0 Å². The number of carboxylic acid groups (broad SMARTS) is 1. The van der Waals surface area contributed by atoms with Crippen molar-refractivity contribution >= 4 is 12.6 Å². The highest BCUT2D eigenvalue weighted by molar-refractivity contribution is 5.58. The molecule has 0 saturated carbocycles. The number of carbonyl (C=O) groups is 2. The van der Waals surface area contributed by atoms with Crippen LogP contribution < -0.4 is 0 Å². The van der Waals surface area contributed by atoms with Crippen LogP contribution in [0.3, 0.4) is 0 Å². The smallest absolute Gasteiger partial charge is 0.448 e. The highest BCUT2D eigenvalue weighted by atomic mass is 16.9. The van der Waals surface area contributed by atoms with Crippen LogP contribution in [0.15, 0.2) is 0 Å². The van der Waals surface area contributed by atoms with Crippen molar-refractivity contribution in [2.45, 2.75) is 0 Å². The number of hydroxylamine groups is 2. The van der Waals surface area contributed by atoms with Gasteiger partial charge in [-0.2, -0.15) is 0 Å². The van der Waals surface area contributed by atoms with Gasteiger partial charge in [0.25, 0.3) is 6.41 Å². The second-order valence-electron chi connectivity index (χ2n) is 0.765. The van der Waals surface area contributed by atoms with E-state index >= 15 is 0 Å². The van der Waals surface area contributed by atoms with Crippen LogP contribution >= 0.6 is 0 Å². The SMILES string of the molecule is O=CN(O)OC(=O)O. The van der Waals surface area contributed by atoms with Crippen molar-refractivity contribution in [2.75, 3.05) is 0 Å². The largest absolute Gasteiger partial charge is 0.533 e. The van der Waals surface area contributed by atoms with E-state index in [0.29, 0.717) is 0 Å². The Morgan fingerprint density at radius 3 is 2.38 bits per heavy atom. The van der Waals surface area contributed by atoms with Gasteiger partial charge in [0.1, 0.15) is 0 Å². The van der Waals surface area contributed by atoms with E-state index in [2.05, 4.69) is 4.84 Å². The van der Waals surface area contributed by atoms with E-state index in [0.717, 1.165) is 0 Å². The van der Waals surface area contributed by atoms with Crippen molar-refractivity contribution in [3.63, 3.8) is 0 Å². The Bertz CT molecular complexity index is 101. The highest BCUT2D eigenvalue weighted by Gasteiger charge is 2.00. The maximum atomic E-state index is 9.39. The normalized spacial score (nSPS) is 7.62. The standard InChI is InChI=1S/C2H3NO5/c4-1-3(7)8-2(5)6/h1,7H,(H,5,6). The van der Waals surface area contributed by atoms with Gasteiger partial charge in [0.05, 0.1) is 0 Å². The van der Waals surface area contributed by atoms with Crippen LogP contribution in [0.2, 0.25) is 0 Å². The molecule has 6 nitrogen and oxygen atoms in total. The summed E-state index contributed by atoms with van der Waals surface area (Å²) in [6.07, 6.45) is -1.95. The molecular formula is C2H3NO5. The summed E-state index contributed by atoms with van der Waals surface area (Å²) in [7, 11) is 0. The van der Waals surface area contributed by atoms with E-state index in [4.69, 9.17) is 10.3 Å². The predicted octanol–water partition coefficient (Wildman–Crippen LogP) is -0.556. The number of amides is 1. The Hall–Kier alpha value is -1.30. The summed E-state index contributed by atoms with van der Waals surface area (Å²) in [5.74, 6) is 0. The Kier molecular flexibility index (Phi) is 2.35. The molecule has 0 aliphatic carbocycles. The fourth-order valence-electron chi connectivity index (χ4n) is 0.102. The summed E-state index contributed by atoms with van der Waals surface area (Å²) in [5, 5.41) is 15.1. The van der Waals surface area contributed by atoms with Crippen molar-refractivity contribution in [3.05, 3.63) is 0 Å². The molecule has 0 saturated heterocycles. The van der Waals surface area contributed by atoms with Crippen molar-refractivity contribution in [1.29, 1.82) is 0 Å². The van der Waals surface area contributed by atoms with Crippen LogP contribution in [-0.2, 0) is 9.63 Å². The van der Waals surface area contributed by atoms with Crippen molar-refractivity contribution in [3.8, 4) is 0 Å². The zero-order chi connectivity index (χ0) is 6.57. The van der Waals surface area contributed by atoms with Crippen LogP contribution in [-0.4, -0.2) is 28.1 Å². The van der Waals surface area contributed by atoms with E-state index in [-0.39, 0.29) is 6.41 Å². The molecule has 2 N–H and O–H groups in total. The Morgan fingerprint density at radius 1 is 1.75 bits per heavy atom. The number of hydrogen-bond acceptors (Lipinski definition) is 4. The highest BCUT2D eigenvalue weighted by Crippen LogP contribution is 1.77. The van der Waals surface area contributed by atoms with E-state index in [1.165, 1.54) is 0 Å². The molecule has 0 unspecified atom stereocenters. The molecule has 8 heavy (non-hydrogen) atoms. The summed E-state index contributed by atoms with van der Waals surface area (Å²) in [6, 6.07) is 0. The minimum absolute atomic E-state index is 0.200. The third kappa shape index (κ3) is 2.91. The first-order valence-corrected chi connectivity index (χ1v) is 1.51. The summed E-state index contributed by atoms with van der Waals surface area (Å²) in [4.78, 5) is 22.1. The average Bonchev–Trinajstić information content (AvgIpc) is 1.65. The maximum absolute atomic E-state index is 9.39. The lowest BCUT2D eigenvalue weighted by Crippen LogP contribution is -2.20. The van der Waals surface area contributed by atoms with Gasteiger partial charge in [-0.25, -0.2) is 4.79 Å². The molecule has 1 amide bonds. The van der Waals surface area contributed by atoms with Crippen LogP contribution in [0.5, 0.6) is 0 Å². The molecule has 0 bridgehead atoms. The first-order valence-electron chi connectivity index (χ1n) is 1.51. The molecule has 0 rings (SSSR count). The quantitative estimate of drug-likeness (QED) is 0.290. The average molecular weight is 121 g/mol. The molecule has 0 fully saturated rings. The molecule has 0 aliphatic rings. The molecule has 0 spiro atoms. The third-order valence-corrected chi connectivity index (χ3v) is 0.262. The molecule has 0 heterocycles. The van der Waals surface area contributed by atoms with E-state index in [1.807, 2.05) is 0 Å². The van der Waals surface area contributed by atoms with Crippen molar-refractivity contribution in [1.82, 2.24) is 5.23 Å². The lowest BCUT2D eigenvalue weighted by atomic mass is 11.4. The molecule has 6 heteroatoms. The minimum Gasteiger partial charge on any atom is -0.448 e. The van der Waals surface area contributed by atoms with Gasteiger partial charge in [0, 0.05) is 0 Å². The van der Waals surface area contributed by atoms with Gasteiger partial charge >= 0.3 is 6.16 Å². The van der Waals surface area contributed by atoms with Crippen molar-refractivity contribution < 1.29 is 24.7 Å². The molecule has 0 atom stereocenters. The fourth-order valence-corrected chi connectivity index (χ4v) is 0.102. The number of hydrogen-bond donors (Lipinski definition) is 2. The maximum Gasteiger partial charge on any atom is 0.533 e. The number of rotatable bonds is 2. The molecule has 0 aromatic carbocycles. The fraction of sp³-hybridized carbons (Fsp3) is 0. The summed E-state index contributed by atoms with van der Waals surface area (Å²) < 4.78 is 0. The predicted molar refractivity (Wildman–Crippen MR) is 18.8 cm³/mol. The zero-order valence-corrected chi connectivity index (χ0v) is 3.64.